The maximum absolute atomic E-state index is 11.2. The van der Waals surface area contributed by atoms with Gasteiger partial charge in [0.1, 0.15) is 0 Å². The lowest BCUT2D eigenvalue weighted by Crippen LogP contribution is -2.10. The summed E-state index contributed by atoms with van der Waals surface area (Å²) in [7, 11) is 0. The molecule has 0 saturated heterocycles. The number of H-pyrrole nitrogens is 1. The summed E-state index contributed by atoms with van der Waals surface area (Å²) < 4.78 is 0. The molecule has 1 aromatic heterocycles. The van der Waals surface area contributed by atoms with Crippen LogP contribution in [0.25, 0.3) is 10.8 Å². The van der Waals surface area contributed by atoms with E-state index in [2.05, 4.69) is 4.98 Å². The first-order chi connectivity index (χ1) is 6.70. The van der Waals surface area contributed by atoms with Gasteiger partial charge in [-0.25, -0.2) is 0 Å². The van der Waals surface area contributed by atoms with Crippen molar-refractivity contribution in [2.45, 2.75) is 0 Å². The normalized spacial score (nSPS) is 10.3. The molecule has 0 radical (unpaired) electrons. The van der Waals surface area contributed by atoms with Crippen molar-refractivity contribution >= 4 is 16.5 Å². The summed E-state index contributed by atoms with van der Waals surface area (Å²) in [6.07, 6.45) is 1.46. The second-order valence-electron chi connectivity index (χ2n) is 2.81. The summed E-state index contributed by atoms with van der Waals surface area (Å²) in [6.45, 7) is 0. The van der Waals surface area contributed by atoms with E-state index < -0.39 is 16.2 Å². The van der Waals surface area contributed by atoms with Gasteiger partial charge in [-0.2, -0.15) is 0 Å². The van der Waals surface area contributed by atoms with Gasteiger partial charge in [0, 0.05) is 11.6 Å². The molecule has 2 rings (SSSR count). The first-order valence-electron chi connectivity index (χ1n) is 3.95. The minimum Gasteiger partial charge on any atom is -0.323 e. The third kappa shape index (κ3) is 1.15. The summed E-state index contributed by atoms with van der Waals surface area (Å²) >= 11 is 0. The van der Waals surface area contributed by atoms with Crippen molar-refractivity contribution < 1.29 is 4.92 Å². The molecule has 0 unspecified atom stereocenters. The van der Waals surface area contributed by atoms with Crippen molar-refractivity contribution in [3.05, 3.63) is 50.9 Å². The predicted octanol–water partition coefficient (Wildman–Crippen LogP) is 1.44. The van der Waals surface area contributed by atoms with E-state index in [0.29, 0.717) is 10.8 Å². The zero-order chi connectivity index (χ0) is 10.1. The number of hydrogen-bond donors (Lipinski definition) is 1. The predicted molar refractivity (Wildman–Crippen MR) is 51.2 cm³/mol. The molecule has 1 heterocycles. The van der Waals surface area contributed by atoms with Gasteiger partial charge < -0.3 is 4.98 Å². The zero-order valence-corrected chi connectivity index (χ0v) is 7.06. The molecule has 14 heavy (non-hydrogen) atoms. The first kappa shape index (κ1) is 8.43. The molecule has 0 fully saturated rings. The Morgan fingerprint density at radius 1 is 1.29 bits per heavy atom. The third-order valence-electron chi connectivity index (χ3n) is 1.97. The van der Waals surface area contributed by atoms with Crippen LogP contribution in [0.3, 0.4) is 0 Å². The second kappa shape index (κ2) is 2.95. The van der Waals surface area contributed by atoms with Crippen LogP contribution in [0.4, 0.5) is 5.69 Å². The highest BCUT2D eigenvalue weighted by atomic mass is 16.6. The molecule has 0 aliphatic carbocycles. The molecular formula is C9H6N2O3. The molecule has 2 aromatic rings. The molecule has 1 aromatic carbocycles. The minimum atomic E-state index is -0.673. The Morgan fingerprint density at radius 2 is 2.00 bits per heavy atom. The summed E-state index contributed by atoms with van der Waals surface area (Å²) in [5, 5.41) is 11.6. The number of benzene rings is 1. The van der Waals surface area contributed by atoms with Gasteiger partial charge in [-0.05, 0) is 6.07 Å². The summed E-state index contributed by atoms with van der Waals surface area (Å²) in [4.78, 5) is 23.5. The molecule has 0 aliphatic heterocycles. The monoisotopic (exact) mass is 190 g/mol. The number of rotatable bonds is 1. The van der Waals surface area contributed by atoms with Crippen LogP contribution in [0.2, 0.25) is 0 Å². The fourth-order valence-corrected chi connectivity index (χ4v) is 1.35. The standard InChI is InChI=1S/C9H6N2O3/c12-9-8(11(13)14)7-4-2-1-3-6(7)5-10-9/h1-5H,(H,10,12). The molecule has 1 N–H and O–H groups in total. The molecule has 0 spiro atoms. The van der Waals surface area contributed by atoms with Gasteiger partial charge >= 0.3 is 11.2 Å². The second-order valence-corrected chi connectivity index (χ2v) is 2.81. The van der Waals surface area contributed by atoms with E-state index in [-0.39, 0.29) is 0 Å². The van der Waals surface area contributed by atoms with Crippen LogP contribution in [0.5, 0.6) is 0 Å². The van der Waals surface area contributed by atoms with E-state index in [4.69, 9.17) is 0 Å². The van der Waals surface area contributed by atoms with E-state index in [0.717, 1.165) is 0 Å². The van der Waals surface area contributed by atoms with Crippen LogP contribution >= 0.6 is 0 Å². The van der Waals surface area contributed by atoms with E-state index in [9.17, 15) is 14.9 Å². The lowest BCUT2D eigenvalue weighted by Gasteiger charge is -1.96. The fourth-order valence-electron chi connectivity index (χ4n) is 1.35. The smallest absolute Gasteiger partial charge is 0.323 e. The lowest BCUT2D eigenvalue weighted by atomic mass is 10.1. The maximum Gasteiger partial charge on any atom is 0.341 e. The lowest BCUT2D eigenvalue weighted by molar-refractivity contribution is -0.384. The summed E-state index contributed by atoms with van der Waals surface area (Å²) in [5.41, 5.74) is -1.07. The van der Waals surface area contributed by atoms with Crippen molar-refractivity contribution in [3.8, 4) is 0 Å². The van der Waals surface area contributed by atoms with Gasteiger partial charge in [0.05, 0.1) is 10.3 Å². The number of aromatic nitrogens is 1. The number of nitro groups is 1. The van der Waals surface area contributed by atoms with E-state index in [1.165, 1.54) is 6.20 Å². The maximum atomic E-state index is 11.2. The summed E-state index contributed by atoms with van der Waals surface area (Å²) in [5.74, 6) is 0. The van der Waals surface area contributed by atoms with E-state index >= 15 is 0 Å². The topological polar surface area (TPSA) is 76.0 Å². The molecule has 70 valence electrons. The van der Waals surface area contributed by atoms with Gasteiger partial charge in [-0.3, -0.25) is 14.9 Å². The van der Waals surface area contributed by atoms with E-state index in [1.807, 2.05) is 0 Å². The van der Waals surface area contributed by atoms with Crippen LogP contribution < -0.4 is 5.56 Å². The van der Waals surface area contributed by atoms with Gasteiger partial charge in [0.15, 0.2) is 0 Å². The number of fused-ring (bicyclic) bond motifs is 1. The Morgan fingerprint density at radius 3 is 2.71 bits per heavy atom. The van der Waals surface area contributed by atoms with Crippen molar-refractivity contribution in [2.24, 2.45) is 0 Å². The van der Waals surface area contributed by atoms with Crippen molar-refractivity contribution in [1.82, 2.24) is 4.98 Å². The quantitative estimate of drug-likeness (QED) is 0.546. The van der Waals surface area contributed by atoms with Crippen LogP contribution in [-0.2, 0) is 0 Å². The molecular weight excluding hydrogens is 184 g/mol. The molecule has 5 heteroatoms. The average Bonchev–Trinajstić information content (AvgIpc) is 2.17. The number of nitrogens with zero attached hydrogens (tertiary/aromatic N) is 1. The molecule has 0 aliphatic rings. The molecule has 0 atom stereocenters. The highest BCUT2D eigenvalue weighted by molar-refractivity contribution is 5.89. The van der Waals surface area contributed by atoms with Crippen LogP contribution in [0.1, 0.15) is 0 Å². The van der Waals surface area contributed by atoms with Gasteiger partial charge in [-0.15, -0.1) is 0 Å². The summed E-state index contributed by atoms with van der Waals surface area (Å²) in [6, 6.07) is 6.68. The van der Waals surface area contributed by atoms with Gasteiger partial charge in [0.25, 0.3) is 0 Å². The number of hydrogen-bond acceptors (Lipinski definition) is 3. The van der Waals surface area contributed by atoms with Crippen molar-refractivity contribution in [2.75, 3.05) is 0 Å². The minimum absolute atomic E-state index is 0.362. The Hall–Kier alpha value is -2.17. The molecule has 5 nitrogen and oxygen atoms in total. The highest BCUT2D eigenvalue weighted by Gasteiger charge is 2.16. The number of pyridine rings is 1. The number of aromatic amines is 1. The largest absolute Gasteiger partial charge is 0.341 e. The average molecular weight is 190 g/mol. The van der Waals surface area contributed by atoms with Crippen molar-refractivity contribution in [1.29, 1.82) is 0 Å². The fraction of sp³-hybridized carbons (Fsp3) is 0. The Balaban J connectivity index is 2.97. The van der Waals surface area contributed by atoms with Gasteiger partial charge in [0.2, 0.25) is 0 Å². The van der Waals surface area contributed by atoms with Crippen LogP contribution in [0, 0.1) is 10.1 Å². The highest BCUT2D eigenvalue weighted by Crippen LogP contribution is 2.19. The SMILES string of the molecule is O=c1[nH]cc2ccccc2c1[N+](=O)[O-]. The van der Waals surface area contributed by atoms with Crippen LogP contribution in [0.15, 0.2) is 35.3 Å². The zero-order valence-electron chi connectivity index (χ0n) is 7.06. The Kier molecular flexibility index (Phi) is 1.78. The van der Waals surface area contributed by atoms with E-state index in [1.54, 1.807) is 24.3 Å². The molecule has 0 saturated carbocycles. The first-order valence-corrected chi connectivity index (χ1v) is 3.95. The third-order valence-corrected chi connectivity index (χ3v) is 1.97. The number of nitrogens with one attached hydrogen (secondary N) is 1. The van der Waals surface area contributed by atoms with Gasteiger partial charge in [-0.1, -0.05) is 18.2 Å². The Bertz CT molecular complexity index is 559. The van der Waals surface area contributed by atoms with Crippen molar-refractivity contribution in [3.63, 3.8) is 0 Å². The molecule has 0 amide bonds. The van der Waals surface area contributed by atoms with Crippen LogP contribution in [-0.4, -0.2) is 9.91 Å². The Labute approximate surface area is 78.1 Å². The molecule has 0 bridgehead atoms.